The third-order valence-corrected chi connectivity index (χ3v) is 9.98. The molecular formula is C43H86N2O4. The van der Waals surface area contributed by atoms with Crippen molar-refractivity contribution in [3.8, 4) is 0 Å². The van der Waals surface area contributed by atoms with Gasteiger partial charge in [0.1, 0.15) is 0 Å². The first-order valence-corrected chi connectivity index (χ1v) is 21.9. The van der Waals surface area contributed by atoms with Crippen molar-refractivity contribution in [2.75, 3.05) is 45.9 Å². The third-order valence-electron chi connectivity index (χ3n) is 9.98. The predicted molar refractivity (Wildman–Crippen MR) is 212 cm³/mol. The zero-order valence-electron chi connectivity index (χ0n) is 33.7. The quantitative estimate of drug-likeness (QED) is 0.0473. The Balaban J connectivity index is 3.86. The summed E-state index contributed by atoms with van der Waals surface area (Å²) < 4.78 is 11.2. The number of rotatable bonds is 39. The van der Waals surface area contributed by atoms with E-state index in [4.69, 9.17) is 9.47 Å². The molecule has 6 heteroatoms. The summed E-state index contributed by atoms with van der Waals surface area (Å²) in [6, 6.07) is 0. The van der Waals surface area contributed by atoms with Gasteiger partial charge in [0.15, 0.2) is 0 Å². The van der Waals surface area contributed by atoms with E-state index in [2.05, 4.69) is 32.6 Å². The van der Waals surface area contributed by atoms with E-state index in [0.29, 0.717) is 19.6 Å². The van der Waals surface area contributed by atoms with Crippen LogP contribution in [0.3, 0.4) is 0 Å². The average molecular weight is 695 g/mol. The summed E-state index contributed by atoms with van der Waals surface area (Å²) in [7, 11) is 0. The molecule has 6 nitrogen and oxygen atoms in total. The molecule has 0 saturated heterocycles. The standard InChI is InChI=1S/C43H86N2O4/c1-5-9-12-15-18-19-20-25-33-40-48-42(46)35-28-27-30-37-44(8-4)36-29-22-21-26-34-41-49-43(47)45(38-31-23-16-13-10-6-2)39-32-24-17-14-11-7-3/h5-41H2,1-4H3. The van der Waals surface area contributed by atoms with Gasteiger partial charge in [0.2, 0.25) is 0 Å². The van der Waals surface area contributed by atoms with Crippen molar-refractivity contribution in [2.45, 2.75) is 220 Å². The smallest absolute Gasteiger partial charge is 0.409 e. The maximum Gasteiger partial charge on any atom is 0.409 e. The van der Waals surface area contributed by atoms with Crippen LogP contribution in [0.15, 0.2) is 0 Å². The Hall–Kier alpha value is -1.30. The second-order valence-electron chi connectivity index (χ2n) is 14.7. The summed E-state index contributed by atoms with van der Waals surface area (Å²) in [4.78, 5) is 29.5. The lowest BCUT2D eigenvalue weighted by Gasteiger charge is -2.22. The van der Waals surface area contributed by atoms with Crippen LogP contribution in [0.5, 0.6) is 0 Å². The van der Waals surface area contributed by atoms with Gasteiger partial charge in [-0.25, -0.2) is 4.79 Å². The number of esters is 1. The summed E-state index contributed by atoms with van der Waals surface area (Å²) in [5, 5.41) is 0. The minimum atomic E-state index is -0.0910. The zero-order valence-corrected chi connectivity index (χ0v) is 33.7. The minimum absolute atomic E-state index is 0.0136. The van der Waals surface area contributed by atoms with Gasteiger partial charge in [0.25, 0.3) is 0 Å². The number of hydrogen-bond donors (Lipinski definition) is 0. The molecule has 0 aliphatic heterocycles. The van der Waals surface area contributed by atoms with E-state index in [9.17, 15) is 9.59 Å². The highest BCUT2D eigenvalue weighted by Gasteiger charge is 2.14. The molecule has 0 N–H and O–H groups in total. The van der Waals surface area contributed by atoms with Gasteiger partial charge in [-0.1, -0.05) is 169 Å². The normalized spacial score (nSPS) is 11.4. The molecule has 0 bridgehead atoms. The first-order valence-electron chi connectivity index (χ1n) is 21.9. The molecule has 0 aromatic heterocycles. The summed E-state index contributed by atoms with van der Waals surface area (Å²) >= 11 is 0. The lowest BCUT2D eigenvalue weighted by Crippen LogP contribution is -2.33. The van der Waals surface area contributed by atoms with Gasteiger partial charge >= 0.3 is 12.1 Å². The molecule has 0 aromatic rings. The highest BCUT2D eigenvalue weighted by atomic mass is 16.6. The predicted octanol–water partition coefficient (Wildman–Crippen LogP) is 13.1. The number of amides is 1. The Bertz CT molecular complexity index is 673. The van der Waals surface area contributed by atoms with Crippen molar-refractivity contribution >= 4 is 12.1 Å². The minimum Gasteiger partial charge on any atom is -0.466 e. The molecule has 292 valence electrons. The van der Waals surface area contributed by atoms with Gasteiger partial charge in [-0.2, -0.15) is 0 Å². The van der Waals surface area contributed by atoms with Crippen molar-refractivity contribution in [1.29, 1.82) is 0 Å². The summed E-state index contributed by atoms with van der Waals surface area (Å²) in [6.07, 6.45) is 36.0. The maximum atomic E-state index is 12.9. The van der Waals surface area contributed by atoms with Crippen LogP contribution in [0.2, 0.25) is 0 Å². The topological polar surface area (TPSA) is 59.1 Å². The number of carbonyl (C=O) groups excluding carboxylic acids is 2. The number of unbranched alkanes of at least 4 members (excludes halogenated alkanes) is 24. The van der Waals surface area contributed by atoms with Crippen molar-refractivity contribution in [1.82, 2.24) is 9.80 Å². The van der Waals surface area contributed by atoms with Gasteiger partial charge in [0.05, 0.1) is 13.2 Å². The Labute approximate surface area is 306 Å². The molecule has 0 radical (unpaired) electrons. The van der Waals surface area contributed by atoms with Crippen LogP contribution >= 0.6 is 0 Å². The second-order valence-corrected chi connectivity index (χ2v) is 14.7. The van der Waals surface area contributed by atoms with Gasteiger partial charge < -0.3 is 19.3 Å². The van der Waals surface area contributed by atoms with Crippen LogP contribution in [0.4, 0.5) is 4.79 Å². The van der Waals surface area contributed by atoms with Crippen molar-refractivity contribution in [3.05, 3.63) is 0 Å². The molecule has 0 heterocycles. The number of carbonyl (C=O) groups is 2. The Kier molecular flexibility index (Phi) is 38.4. The molecule has 0 aliphatic rings. The fourth-order valence-electron chi connectivity index (χ4n) is 6.56. The van der Waals surface area contributed by atoms with E-state index in [1.54, 1.807) is 0 Å². The summed E-state index contributed by atoms with van der Waals surface area (Å²) in [5.41, 5.74) is 0. The lowest BCUT2D eigenvalue weighted by molar-refractivity contribution is -0.143. The fraction of sp³-hybridized carbons (Fsp3) is 0.953. The maximum absolute atomic E-state index is 12.9. The van der Waals surface area contributed by atoms with E-state index in [0.717, 1.165) is 84.1 Å². The molecule has 0 rings (SSSR count). The van der Waals surface area contributed by atoms with E-state index < -0.39 is 0 Å². The lowest BCUT2D eigenvalue weighted by atomic mass is 10.1. The second kappa shape index (κ2) is 39.5. The highest BCUT2D eigenvalue weighted by Crippen LogP contribution is 2.13. The van der Waals surface area contributed by atoms with Crippen molar-refractivity contribution in [3.63, 3.8) is 0 Å². The van der Waals surface area contributed by atoms with Crippen LogP contribution in [0, 0.1) is 0 Å². The Morgan fingerprint density at radius 1 is 0.388 bits per heavy atom. The number of ether oxygens (including phenoxy) is 2. The third kappa shape index (κ3) is 34.9. The van der Waals surface area contributed by atoms with E-state index in [1.165, 1.54) is 135 Å². The molecule has 0 aromatic carbocycles. The highest BCUT2D eigenvalue weighted by molar-refractivity contribution is 5.69. The van der Waals surface area contributed by atoms with Crippen LogP contribution in [0.1, 0.15) is 220 Å². The molecule has 0 saturated carbocycles. The largest absolute Gasteiger partial charge is 0.466 e. The summed E-state index contributed by atoms with van der Waals surface area (Å²) in [5.74, 6) is -0.0136. The van der Waals surface area contributed by atoms with Gasteiger partial charge in [-0.15, -0.1) is 0 Å². The number of hydrogen-bond acceptors (Lipinski definition) is 5. The fourth-order valence-corrected chi connectivity index (χ4v) is 6.56. The molecule has 0 unspecified atom stereocenters. The molecule has 0 fully saturated rings. The van der Waals surface area contributed by atoms with Crippen molar-refractivity contribution in [2.24, 2.45) is 0 Å². The average Bonchev–Trinajstić information content (AvgIpc) is 3.10. The van der Waals surface area contributed by atoms with Gasteiger partial charge in [-0.05, 0) is 64.6 Å². The molecule has 49 heavy (non-hydrogen) atoms. The van der Waals surface area contributed by atoms with Crippen LogP contribution in [0.25, 0.3) is 0 Å². The zero-order chi connectivity index (χ0) is 35.9. The van der Waals surface area contributed by atoms with Crippen LogP contribution in [-0.2, 0) is 14.3 Å². The molecule has 1 amide bonds. The van der Waals surface area contributed by atoms with Crippen LogP contribution in [-0.4, -0.2) is 67.8 Å². The van der Waals surface area contributed by atoms with Crippen molar-refractivity contribution < 1.29 is 19.1 Å². The first kappa shape index (κ1) is 47.7. The van der Waals surface area contributed by atoms with Crippen LogP contribution < -0.4 is 0 Å². The number of nitrogens with zero attached hydrogens (tertiary/aromatic N) is 2. The van der Waals surface area contributed by atoms with E-state index in [1.807, 2.05) is 4.90 Å². The first-order chi connectivity index (χ1) is 24.1. The Morgan fingerprint density at radius 2 is 0.735 bits per heavy atom. The summed E-state index contributed by atoms with van der Waals surface area (Å²) in [6.45, 7) is 15.2. The van der Waals surface area contributed by atoms with Gasteiger partial charge in [-0.3, -0.25) is 4.79 Å². The molecule has 0 aliphatic carbocycles. The molecule has 0 spiro atoms. The Morgan fingerprint density at radius 3 is 1.16 bits per heavy atom. The molecular weight excluding hydrogens is 608 g/mol. The van der Waals surface area contributed by atoms with E-state index >= 15 is 0 Å². The monoisotopic (exact) mass is 695 g/mol. The van der Waals surface area contributed by atoms with E-state index in [-0.39, 0.29) is 12.1 Å². The molecule has 0 atom stereocenters. The van der Waals surface area contributed by atoms with Gasteiger partial charge in [0, 0.05) is 19.5 Å². The SMILES string of the molecule is CCCCCCCCCCCOC(=O)CCCCCN(CC)CCCCCCCOC(=O)N(CCCCCCCC)CCCCCCCC.